The molecule has 8 heteroatoms. The van der Waals surface area contributed by atoms with E-state index in [1.165, 1.54) is 31.4 Å². The molecule has 2 amide bonds. The summed E-state index contributed by atoms with van der Waals surface area (Å²) in [6.07, 6.45) is 0. The molecule has 0 bridgehead atoms. The fourth-order valence-corrected chi connectivity index (χ4v) is 2.35. The number of rotatable bonds is 5. The molecular formula is C20H15F2N3O3. The number of amides is 2. The fraction of sp³-hybridized carbons (Fsp3) is 0.0500. The zero-order valence-electron chi connectivity index (χ0n) is 14.7. The number of halogens is 2. The third kappa shape index (κ3) is 4.47. The monoisotopic (exact) mass is 383 g/mol. The van der Waals surface area contributed by atoms with Crippen molar-refractivity contribution in [3.05, 3.63) is 83.7 Å². The van der Waals surface area contributed by atoms with Gasteiger partial charge in [0.25, 0.3) is 11.8 Å². The van der Waals surface area contributed by atoms with Crippen LogP contribution < -0.4 is 15.4 Å². The van der Waals surface area contributed by atoms with Crippen molar-refractivity contribution in [3.63, 3.8) is 0 Å². The summed E-state index contributed by atoms with van der Waals surface area (Å²) in [4.78, 5) is 28.7. The van der Waals surface area contributed by atoms with Crippen molar-refractivity contribution in [2.24, 2.45) is 0 Å². The summed E-state index contributed by atoms with van der Waals surface area (Å²) in [7, 11) is 1.51. The van der Waals surface area contributed by atoms with Gasteiger partial charge in [-0.2, -0.15) is 0 Å². The van der Waals surface area contributed by atoms with E-state index in [4.69, 9.17) is 4.74 Å². The van der Waals surface area contributed by atoms with E-state index in [2.05, 4.69) is 15.6 Å². The lowest BCUT2D eigenvalue weighted by molar-refractivity contribution is 0.101. The number of pyridine rings is 1. The van der Waals surface area contributed by atoms with Crippen LogP contribution in [-0.4, -0.2) is 23.9 Å². The average molecular weight is 383 g/mol. The lowest BCUT2D eigenvalue weighted by Gasteiger charge is -2.08. The molecule has 6 nitrogen and oxygen atoms in total. The molecule has 1 heterocycles. The molecule has 0 aliphatic rings. The smallest absolute Gasteiger partial charge is 0.274 e. The normalized spacial score (nSPS) is 10.2. The van der Waals surface area contributed by atoms with Crippen LogP contribution in [0.15, 0.2) is 60.7 Å². The summed E-state index contributed by atoms with van der Waals surface area (Å²) in [6.45, 7) is 0. The Kier molecular flexibility index (Phi) is 5.59. The van der Waals surface area contributed by atoms with Gasteiger partial charge in [-0.15, -0.1) is 0 Å². The second-order valence-electron chi connectivity index (χ2n) is 5.68. The van der Waals surface area contributed by atoms with Crippen LogP contribution in [0.5, 0.6) is 5.75 Å². The first-order valence-electron chi connectivity index (χ1n) is 8.15. The summed E-state index contributed by atoms with van der Waals surface area (Å²) in [5.74, 6) is -2.72. The molecular weight excluding hydrogens is 368 g/mol. The molecule has 0 fully saturated rings. The lowest BCUT2D eigenvalue weighted by atomic mass is 10.2. The van der Waals surface area contributed by atoms with E-state index in [1.54, 1.807) is 24.3 Å². The predicted octanol–water partition coefficient (Wildman–Crippen LogP) is 3.87. The number of nitrogens with one attached hydrogen (secondary N) is 2. The molecule has 2 N–H and O–H groups in total. The van der Waals surface area contributed by atoms with Gasteiger partial charge in [-0.3, -0.25) is 9.59 Å². The fourth-order valence-electron chi connectivity index (χ4n) is 2.35. The highest BCUT2D eigenvalue weighted by Crippen LogP contribution is 2.18. The van der Waals surface area contributed by atoms with E-state index in [1.807, 2.05) is 0 Å². The quantitative estimate of drug-likeness (QED) is 0.701. The maximum Gasteiger partial charge on any atom is 0.274 e. The van der Waals surface area contributed by atoms with Gasteiger partial charge < -0.3 is 15.4 Å². The van der Waals surface area contributed by atoms with Crippen molar-refractivity contribution < 1.29 is 23.1 Å². The second-order valence-corrected chi connectivity index (χ2v) is 5.68. The van der Waals surface area contributed by atoms with E-state index in [9.17, 15) is 18.4 Å². The van der Waals surface area contributed by atoms with Crippen molar-refractivity contribution in [1.29, 1.82) is 0 Å². The minimum absolute atomic E-state index is 0.0146. The van der Waals surface area contributed by atoms with Gasteiger partial charge in [0.1, 0.15) is 17.1 Å². The highest BCUT2D eigenvalue weighted by molar-refractivity contribution is 6.06. The van der Waals surface area contributed by atoms with Crippen molar-refractivity contribution >= 4 is 23.2 Å². The Morgan fingerprint density at radius 2 is 1.43 bits per heavy atom. The number of nitrogens with zero attached hydrogens (tertiary/aromatic N) is 1. The molecule has 142 valence electrons. The standard InChI is InChI=1S/C20H15F2N3O3/c1-28-14-5-2-4-12(10-14)23-19(26)17-6-3-7-18(25-17)20(27)24-13-8-9-15(21)16(22)11-13/h2-11H,1H3,(H,23,26)(H,24,27). The Morgan fingerprint density at radius 1 is 0.821 bits per heavy atom. The maximum absolute atomic E-state index is 13.3. The number of ether oxygens (including phenoxy) is 1. The molecule has 0 radical (unpaired) electrons. The Morgan fingerprint density at radius 3 is 2.04 bits per heavy atom. The number of methoxy groups -OCH3 is 1. The maximum atomic E-state index is 13.3. The highest BCUT2D eigenvalue weighted by atomic mass is 19.2. The Labute approximate surface area is 159 Å². The van der Waals surface area contributed by atoms with Gasteiger partial charge in [-0.05, 0) is 36.4 Å². The lowest BCUT2D eigenvalue weighted by Crippen LogP contribution is -2.18. The predicted molar refractivity (Wildman–Crippen MR) is 99.5 cm³/mol. The number of carbonyl (C=O) groups is 2. The van der Waals surface area contributed by atoms with E-state index in [0.29, 0.717) is 11.4 Å². The number of hydrogen-bond acceptors (Lipinski definition) is 4. The van der Waals surface area contributed by atoms with Crippen molar-refractivity contribution in [2.45, 2.75) is 0 Å². The molecule has 28 heavy (non-hydrogen) atoms. The van der Waals surface area contributed by atoms with Gasteiger partial charge in [0.15, 0.2) is 11.6 Å². The second kappa shape index (κ2) is 8.26. The van der Waals surface area contributed by atoms with E-state index in [0.717, 1.165) is 12.1 Å². The highest BCUT2D eigenvalue weighted by Gasteiger charge is 2.14. The first-order chi connectivity index (χ1) is 13.5. The van der Waals surface area contributed by atoms with Gasteiger partial charge in [0.2, 0.25) is 0 Å². The zero-order valence-corrected chi connectivity index (χ0v) is 14.7. The summed E-state index contributed by atoms with van der Waals surface area (Å²) in [5.41, 5.74) is 0.531. The molecule has 0 aliphatic heterocycles. The van der Waals surface area contributed by atoms with Gasteiger partial charge >= 0.3 is 0 Å². The van der Waals surface area contributed by atoms with Crippen molar-refractivity contribution in [1.82, 2.24) is 4.98 Å². The SMILES string of the molecule is COc1cccc(NC(=O)c2cccc(C(=O)Nc3ccc(F)c(F)c3)n2)c1. The molecule has 0 aliphatic carbocycles. The molecule has 0 saturated heterocycles. The van der Waals surface area contributed by atoms with Crippen LogP contribution in [0, 0.1) is 11.6 Å². The number of benzene rings is 2. The summed E-state index contributed by atoms with van der Waals surface area (Å²) < 4.78 is 31.3. The van der Waals surface area contributed by atoms with Gasteiger partial charge in [-0.25, -0.2) is 13.8 Å². The van der Waals surface area contributed by atoms with Crippen LogP contribution in [0.2, 0.25) is 0 Å². The molecule has 0 atom stereocenters. The van der Waals surface area contributed by atoms with Crippen LogP contribution in [0.3, 0.4) is 0 Å². The van der Waals surface area contributed by atoms with Crippen LogP contribution in [-0.2, 0) is 0 Å². The summed E-state index contributed by atoms with van der Waals surface area (Å²) in [6, 6.07) is 14.1. The first-order valence-corrected chi connectivity index (χ1v) is 8.15. The minimum atomic E-state index is -1.09. The topological polar surface area (TPSA) is 80.3 Å². The molecule has 3 aromatic rings. The molecule has 2 aromatic carbocycles. The van der Waals surface area contributed by atoms with Gasteiger partial charge in [0.05, 0.1) is 7.11 Å². The average Bonchev–Trinajstić information content (AvgIpc) is 2.71. The Hall–Kier alpha value is -3.81. The van der Waals surface area contributed by atoms with Crippen LogP contribution in [0.25, 0.3) is 0 Å². The number of hydrogen-bond donors (Lipinski definition) is 2. The van der Waals surface area contributed by atoms with Crippen molar-refractivity contribution in [2.75, 3.05) is 17.7 Å². The Balaban J connectivity index is 1.74. The van der Waals surface area contributed by atoms with Gasteiger partial charge in [0, 0.05) is 23.5 Å². The summed E-state index contributed by atoms with van der Waals surface area (Å²) >= 11 is 0. The minimum Gasteiger partial charge on any atom is -0.497 e. The molecule has 0 spiro atoms. The van der Waals surface area contributed by atoms with E-state index in [-0.39, 0.29) is 17.1 Å². The van der Waals surface area contributed by atoms with E-state index >= 15 is 0 Å². The van der Waals surface area contributed by atoms with Crippen LogP contribution in [0.4, 0.5) is 20.2 Å². The Bertz CT molecular complexity index is 1040. The number of carbonyl (C=O) groups excluding carboxylic acids is 2. The van der Waals surface area contributed by atoms with Crippen LogP contribution in [0.1, 0.15) is 21.0 Å². The van der Waals surface area contributed by atoms with Crippen molar-refractivity contribution in [3.8, 4) is 5.75 Å². The summed E-state index contributed by atoms with van der Waals surface area (Å²) in [5, 5.41) is 5.06. The number of anilines is 2. The first kappa shape index (κ1) is 19.0. The molecule has 0 unspecified atom stereocenters. The van der Waals surface area contributed by atoms with E-state index < -0.39 is 23.4 Å². The number of aromatic nitrogens is 1. The molecule has 0 saturated carbocycles. The molecule has 1 aromatic heterocycles. The largest absolute Gasteiger partial charge is 0.497 e. The van der Waals surface area contributed by atoms with Gasteiger partial charge in [-0.1, -0.05) is 12.1 Å². The third-order valence-electron chi connectivity index (χ3n) is 3.72. The zero-order chi connectivity index (χ0) is 20.1. The van der Waals surface area contributed by atoms with Crippen LogP contribution >= 0.6 is 0 Å². The molecule has 3 rings (SSSR count). The third-order valence-corrected chi connectivity index (χ3v) is 3.72.